The van der Waals surface area contributed by atoms with Crippen molar-refractivity contribution in [1.82, 2.24) is 9.62 Å². The molecule has 0 spiro atoms. The van der Waals surface area contributed by atoms with Crippen LogP contribution in [0.2, 0.25) is 0 Å². The van der Waals surface area contributed by atoms with Crippen LogP contribution in [0.1, 0.15) is 48.9 Å². The van der Waals surface area contributed by atoms with Crippen molar-refractivity contribution in [3.05, 3.63) is 29.6 Å². The summed E-state index contributed by atoms with van der Waals surface area (Å²) in [6.07, 6.45) is 6.63. The molecule has 0 radical (unpaired) electrons. The molecule has 1 amide bonds. The molecular weight excluding hydrogens is 451 g/mol. The summed E-state index contributed by atoms with van der Waals surface area (Å²) < 4.78 is 51.5. The Morgan fingerprint density at radius 1 is 1.09 bits per heavy atom. The Morgan fingerprint density at radius 3 is 2.30 bits per heavy atom. The van der Waals surface area contributed by atoms with Gasteiger partial charge in [-0.05, 0) is 74.5 Å². The molecule has 5 aliphatic rings. The Hall–Kier alpha value is -2.04. The predicted octanol–water partition coefficient (Wildman–Crippen LogP) is 2.09. The van der Waals surface area contributed by atoms with E-state index in [1.165, 1.54) is 23.6 Å². The standard InChI is InChI=1S/C23H29FN2O6S/c24-20-2-1-18(33(29,30)26-3-5-31-6-4-26)10-19(20)22(28)32-14-21(27)25-23-11-15-7-16(12-23)9-17(8-15)13-23/h1-2,10,15-17H,3-9,11-14H2,(H,25,27). The van der Waals surface area contributed by atoms with Gasteiger partial charge in [0, 0.05) is 18.6 Å². The maximum absolute atomic E-state index is 14.3. The van der Waals surface area contributed by atoms with E-state index in [-0.39, 0.29) is 36.7 Å². The number of morpholine rings is 1. The lowest BCUT2D eigenvalue weighted by molar-refractivity contribution is -0.130. The summed E-state index contributed by atoms with van der Waals surface area (Å²) in [4.78, 5) is 24.9. The Balaban J connectivity index is 1.23. The third-order valence-corrected chi connectivity index (χ3v) is 9.44. The fourth-order valence-electron chi connectivity index (χ4n) is 6.56. The smallest absolute Gasteiger partial charge is 0.341 e. The maximum atomic E-state index is 14.3. The second kappa shape index (κ2) is 8.63. The predicted molar refractivity (Wildman–Crippen MR) is 115 cm³/mol. The minimum absolute atomic E-state index is 0.185. The number of benzene rings is 1. The van der Waals surface area contributed by atoms with Crippen molar-refractivity contribution < 1.29 is 31.9 Å². The Morgan fingerprint density at radius 2 is 1.70 bits per heavy atom. The van der Waals surface area contributed by atoms with E-state index in [1.54, 1.807) is 0 Å². The van der Waals surface area contributed by atoms with E-state index in [9.17, 15) is 22.4 Å². The molecule has 33 heavy (non-hydrogen) atoms. The van der Waals surface area contributed by atoms with Gasteiger partial charge in [-0.25, -0.2) is 17.6 Å². The molecule has 1 aliphatic heterocycles. The number of sulfonamides is 1. The number of nitrogens with one attached hydrogen (secondary N) is 1. The van der Waals surface area contributed by atoms with Crippen molar-refractivity contribution in [2.45, 2.75) is 49.0 Å². The summed E-state index contributed by atoms with van der Waals surface area (Å²) in [5.74, 6) is -0.393. The van der Waals surface area contributed by atoms with Crippen LogP contribution in [0.15, 0.2) is 23.1 Å². The Kier molecular flexibility index (Phi) is 5.95. The van der Waals surface area contributed by atoms with Crippen molar-refractivity contribution in [2.24, 2.45) is 17.8 Å². The Bertz CT molecular complexity index is 1020. The third kappa shape index (κ3) is 4.52. The van der Waals surface area contributed by atoms with E-state index in [0.717, 1.165) is 37.5 Å². The molecule has 10 heteroatoms. The zero-order valence-electron chi connectivity index (χ0n) is 18.4. The van der Waals surface area contributed by atoms with Gasteiger partial charge in [0.05, 0.1) is 23.7 Å². The maximum Gasteiger partial charge on any atom is 0.341 e. The molecule has 8 nitrogen and oxygen atoms in total. The largest absolute Gasteiger partial charge is 0.452 e. The van der Waals surface area contributed by atoms with Gasteiger partial charge in [0.15, 0.2) is 6.61 Å². The van der Waals surface area contributed by atoms with E-state index in [4.69, 9.17) is 9.47 Å². The molecular formula is C23H29FN2O6S. The molecule has 5 fully saturated rings. The number of halogens is 1. The fraction of sp³-hybridized carbons (Fsp3) is 0.652. The molecule has 0 atom stereocenters. The van der Waals surface area contributed by atoms with Crippen LogP contribution in [0.5, 0.6) is 0 Å². The molecule has 0 unspecified atom stereocenters. The van der Waals surface area contributed by atoms with Gasteiger partial charge in [-0.1, -0.05) is 0 Å². The normalized spacial score (nSPS) is 31.4. The number of carbonyl (C=O) groups excluding carboxylic acids is 2. The van der Waals surface area contributed by atoms with Crippen molar-refractivity contribution in [2.75, 3.05) is 32.9 Å². The highest BCUT2D eigenvalue weighted by molar-refractivity contribution is 7.89. The second-order valence-electron chi connectivity index (χ2n) is 9.98. The van der Waals surface area contributed by atoms with Crippen molar-refractivity contribution in [3.63, 3.8) is 0 Å². The lowest BCUT2D eigenvalue weighted by atomic mass is 9.53. The number of amides is 1. The van der Waals surface area contributed by atoms with Crippen molar-refractivity contribution in [3.8, 4) is 0 Å². The number of rotatable bonds is 6. The van der Waals surface area contributed by atoms with Crippen LogP contribution in [-0.4, -0.2) is 63.0 Å². The van der Waals surface area contributed by atoms with Crippen molar-refractivity contribution in [1.29, 1.82) is 0 Å². The molecule has 1 heterocycles. The minimum atomic E-state index is -3.90. The molecule has 180 valence electrons. The van der Waals surface area contributed by atoms with E-state index in [0.29, 0.717) is 17.8 Å². The molecule has 6 rings (SSSR count). The summed E-state index contributed by atoms with van der Waals surface area (Å²) in [5, 5.41) is 3.10. The van der Waals surface area contributed by atoms with Gasteiger partial charge < -0.3 is 14.8 Å². The average molecular weight is 481 g/mol. The minimum Gasteiger partial charge on any atom is -0.452 e. The first-order chi connectivity index (χ1) is 15.7. The molecule has 1 aromatic rings. The zero-order chi connectivity index (χ0) is 23.2. The van der Waals surface area contributed by atoms with Crippen LogP contribution in [0.3, 0.4) is 0 Å². The second-order valence-corrected chi connectivity index (χ2v) is 11.9. The van der Waals surface area contributed by atoms with E-state index in [2.05, 4.69) is 5.32 Å². The van der Waals surface area contributed by atoms with Crippen LogP contribution < -0.4 is 5.32 Å². The SMILES string of the molecule is O=C(COC(=O)c1cc(S(=O)(=O)N2CCOCC2)ccc1F)NC12CC3CC(CC(C3)C1)C2. The number of nitrogens with zero attached hydrogens (tertiary/aromatic N) is 1. The van der Waals surface area contributed by atoms with Crippen LogP contribution in [0.25, 0.3) is 0 Å². The molecule has 4 bridgehead atoms. The van der Waals surface area contributed by atoms with Crippen LogP contribution >= 0.6 is 0 Å². The Labute approximate surface area is 192 Å². The van der Waals surface area contributed by atoms with Gasteiger partial charge in [-0.2, -0.15) is 4.31 Å². The van der Waals surface area contributed by atoms with Gasteiger partial charge >= 0.3 is 5.97 Å². The molecule has 4 saturated carbocycles. The zero-order valence-corrected chi connectivity index (χ0v) is 19.2. The molecule has 0 aromatic heterocycles. The summed E-state index contributed by atoms with van der Waals surface area (Å²) in [6, 6.07) is 3.02. The van der Waals surface area contributed by atoms with Crippen LogP contribution in [-0.2, 0) is 24.3 Å². The first-order valence-electron chi connectivity index (χ1n) is 11.6. The summed E-state index contributed by atoms with van der Waals surface area (Å²) in [7, 11) is -3.90. The fourth-order valence-corrected chi connectivity index (χ4v) is 8.00. The summed E-state index contributed by atoms with van der Waals surface area (Å²) in [6.45, 7) is 0.386. The molecule has 1 N–H and O–H groups in total. The van der Waals surface area contributed by atoms with E-state index in [1.807, 2.05) is 0 Å². The number of esters is 1. The number of hydrogen-bond acceptors (Lipinski definition) is 6. The number of hydrogen-bond donors (Lipinski definition) is 1. The van der Waals surface area contributed by atoms with Crippen molar-refractivity contribution >= 4 is 21.9 Å². The van der Waals surface area contributed by atoms with Gasteiger partial charge in [0.2, 0.25) is 10.0 Å². The first-order valence-corrected chi connectivity index (χ1v) is 13.0. The summed E-state index contributed by atoms with van der Waals surface area (Å²) >= 11 is 0. The highest BCUT2D eigenvalue weighted by atomic mass is 32.2. The van der Waals surface area contributed by atoms with Crippen LogP contribution in [0.4, 0.5) is 4.39 Å². The topological polar surface area (TPSA) is 102 Å². The van der Waals surface area contributed by atoms with Gasteiger partial charge in [0.1, 0.15) is 5.82 Å². The lowest BCUT2D eigenvalue weighted by Crippen LogP contribution is -2.60. The van der Waals surface area contributed by atoms with E-state index < -0.39 is 39.9 Å². The molecule has 4 aliphatic carbocycles. The van der Waals surface area contributed by atoms with Gasteiger partial charge in [0.25, 0.3) is 5.91 Å². The monoisotopic (exact) mass is 480 g/mol. The number of carbonyl (C=O) groups is 2. The highest BCUT2D eigenvalue weighted by Crippen LogP contribution is 2.55. The third-order valence-electron chi connectivity index (χ3n) is 7.54. The molecule has 1 aromatic carbocycles. The summed E-state index contributed by atoms with van der Waals surface area (Å²) in [5.41, 5.74) is -0.720. The average Bonchev–Trinajstić information content (AvgIpc) is 2.77. The van der Waals surface area contributed by atoms with E-state index >= 15 is 0 Å². The number of ether oxygens (including phenoxy) is 2. The highest BCUT2D eigenvalue weighted by Gasteiger charge is 2.51. The first kappa shape index (κ1) is 22.7. The molecule has 1 saturated heterocycles. The quantitative estimate of drug-likeness (QED) is 0.626. The van der Waals surface area contributed by atoms with Gasteiger partial charge in [-0.3, -0.25) is 4.79 Å². The van der Waals surface area contributed by atoms with Crippen LogP contribution in [0, 0.1) is 23.6 Å². The lowest BCUT2D eigenvalue weighted by Gasteiger charge is -2.56. The van der Waals surface area contributed by atoms with Gasteiger partial charge in [-0.15, -0.1) is 0 Å².